The molecule has 2 saturated heterocycles. The quantitative estimate of drug-likeness (QED) is 0.466. The molecule has 0 N–H and O–H groups in total. The van der Waals surface area contributed by atoms with Crippen molar-refractivity contribution in [3.8, 4) is 0 Å². The zero-order valence-corrected chi connectivity index (χ0v) is 8.36. The van der Waals surface area contributed by atoms with Gasteiger partial charge >= 0.3 is 5.97 Å². The van der Waals surface area contributed by atoms with Crippen molar-refractivity contribution in [2.75, 3.05) is 0 Å². The summed E-state index contributed by atoms with van der Waals surface area (Å²) in [6.07, 6.45) is 1.05. The van der Waals surface area contributed by atoms with Crippen molar-refractivity contribution in [1.82, 2.24) is 0 Å². The average Bonchev–Trinajstić information content (AvgIpc) is 2.37. The highest BCUT2D eigenvalue weighted by Gasteiger charge is 2.49. The summed E-state index contributed by atoms with van der Waals surface area (Å²) in [5.41, 5.74) is 0. The normalized spacial score (nSPS) is 40.1. The smallest absolute Gasteiger partial charge is 0.309 e. The Hall–Kier alpha value is -0.870. The van der Waals surface area contributed by atoms with Crippen LogP contribution in [0.2, 0.25) is 0 Å². The molecule has 0 aromatic rings. The molecular weight excluding hydrogens is 184 g/mol. The first-order valence-electron chi connectivity index (χ1n) is 4.69. The van der Waals surface area contributed by atoms with E-state index < -0.39 is 5.79 Å². The number of carbonyl (C=O) groups is 1. The number of fused-ring (bicyclic) bond motifs is 1. The summed E-state index contributed by atoms with van der Waals surface area (Å²) in [6, 6.07) is 0. The van der Waals surface area contributed by atoms with E-state index in [1.165, 1.54) is 0 Å². The van der Waals surface area contributed by atoms with E-state index in [1.54, 1.807) is 6.08 Å². The third-order valence-corrected chi connectivity index (χ3v) is 2.41. The maximum Gasteiger partial charge on any atom is 0.309 e. The first kappa shape index (κ1) is 9.68. The minimum Gasteiger partial charge on any atom is -0.455 e. The maximum absolute atomic E-state index is 11.2. The average molecular weight is 198 g/mol. The van der Waals surface area contributed by atoms with Crippen molar-refractivity contribution < 1.29 is 19.0 Å². The second-order valence-electron chi connectivity index (χ2n) is 4.03. The predicted octanol–water partition coefficient (Wildman–Crippen LogP) is 1.01. The fourth-order valence-corrected chi connectivity index (χ4v) is 1.91. The molecule has 0 aliphatic carbocycles. The van der Waals surface area contributed by atoms with E-state index in [1.807, 2.05) is 13.8 Å². The third kappa shape index (κ3) is 1.55. The van der Waals surface area contributed by atoms with Crippen LogP contribution in [0.15, 0.2) is 12.7 Å². The number of carbonyl (C=O) groups excluding carboxylic acids is 1. The fraction of sp³-hybridized carbons (Fsp3) is 0.700. The Morgan fingerprint density at radius 2 is 2.21 bits per heavy atom. The Bertz CT molecular complexity index is 271. The van der Waals surface area contributed by atoms with Crippen molar-refractivity contribution in [2.24, 2.45) is 0 Å². The SMILES string of the molecule is C=C[C@H]1OC(=O)C[C@H]2OC(C)(C)O[C@@H]12. The highest BCUT2D eigenvalue weighted by molar-refractivity contribution is 5.71. The molecular formula is C10H14O4. The minimum atomic E-state index is -0.634. The molecule has 2 aliphatic rings. The van der Waals surface area contributed by atoms with Gasteiger partial charge in [-0.3, -0.25) is 4.79 Å². The lowest BCUT2D eigenvalue weighted by Crippen LogP contribution is -2.43. The van der Waals surface area contributed by atoms with Gasteiger partial charge < -0.3 is 14.2 Å². The number of hydrogen-bond donors (Lipinski definition) is 0. The van der Waals surface area contributed by atoms with Gasteiger partial charge in [-0.1, -0.05) is 6.58 Å². The van der Waals surface area contributed by atoms with E-state index >= 15 is 0 Å². The Morgan fingerprint density at radius 1 is 1.50 bits per heavy atom. The minimum absolute atomic E-state index is 0.200. The fourth-order valence-electron chi connectivity index (χ4n) is 1.91. The molecule has 0 amide bonds. The van der Waals surface area contributed by atoms with Crippen LogP contribution in [0.1, 0.15) is 20.3 Å². The summed E-state index contributed by atoms with van der Waals surface area (Å²) in [6.45, 7) is 7.27. The van der Waals surface area contributed by atoms with Gasteiger partial charge in [-0.05, 0) is 19.9 Å². The van der Waals surface area contributed by atoms with Gasteiger partial charge in [-0.25, -0.2) is 0 Å². The molecule has 0 radical (unpaired) electrons. The lowest BCUT2D eigenvalue weighted by atomic mass is 10.0. The highest BCUT2D eigenvalue weighted by Crippen LogP contribution is 2.35. The molecule has 2 heterocycles. The number of cyclic esters (lactones) is 1. The lowest BCUT2D eigenvalue weighted by Gasteiger charge is -2.28. The summed E-state index contributed by atoms with van der Waals surface area (Å²) < 4.78 is 16.3. The second kappa shape index (κ2) is 3.07. The summed E-state index contributed by atoms with van der Waals surface area (Å²) in [5.74, 6) is -0.887. The molecule has 0 spiro atoms. The van der Waals surface area contributed by atoms with Crippen LogP contribution in [0.3, 0.4) is 0 Å². The molecule has 0 bridgehead atoms. The molecule has 4 nitrogen and oxygen atoms in total. The van der Waals surface area contributed by atoms with E-state index in [2.05, 4.69) is 6.58 Å². The Balaban J connectivity index is 2.18. The molecule has 2 rings (SSSR count). The van der Waals surface area contributed by atoms with Crippen LogP contribution in [-0.2, 0) is 19.0 Å². The number of rotatable bonds is 1. The predicted molar refractivity (Wildman–Crippen MR) is 48.5 cm³/mol. The largest absolute Gasteiger partial charge is 0.455 e. The molecule has 2 fully saturated rings. The van der Waals surface area contributed by atoms with E-state index in [0.717, 1.165) is 0 Å². The molecule has 0 saturated carbocycles. The van der Waals surface area contributed by atoms with Gasteiger partial charge in [0.05, 0.1) is 6.42 Å². The van der Waals surface area contributed by atoms with Gasteiger partial charge in [0.25, 0.3) is 0 Å². The number of esters is 1. The van der Waals surface area contributed by atoms with Crippen LogP contribution in [0.4, 0.5) is 0 Å². The monoisotopic (exact) mass is 198 g/mol. The molecule has 0 aromatic carbocycles. The van der Waals surface area contributed by atoms with Crippen LogP contribution in [0, 0.1) is 0 Å². The van der Waals surface area contributed by atoms with E-state index in [0.29, 0.717) is 0 Å². The van der Waals surface area contributed by atoms with Crippen molar-refractivity contribution in [3.05, 3.63) is 12.7 Å². The molecule has 14 heavy (non-hydrogen) atoms. The Labute approximate surface area is 82.8 Å². The van der Waals surface area contributed by atoms with Crippen molar-refractivity contribution in [2.45, 2.75) is 44.4 Å². The molecule has 0 unspecified atom stereocenters. The van der Waals surface area contributed by atoms with Gasteiger partial charge in [0, 0.05) is 0 Å². The first-order valence-corrected chi connectivity index (χ1v) is 4.69. The summed E-state index contributed by atoms with van der Waals surface area (Å²) in [5, 5.41) is 0. The van der Waals surface area contributed by atoms with Crippen LogP contribution in [0.25, 0.3) is 0 Å². The molecule has 78 valence electrons. The number of hydrogen-bond acceptors (Lipinski definition) is 4. The van der Waals surface area contributed by atoms with Gasteiger partial charge in [0.1, 0.15) is 18.3 Å². The molecule has 4 heteroatoms. The first-order chi connectivity index (χ1) is 6.52. The molecule has 3 atom stereocenters. The topological polar surface area (TPSA) is 44.8 Å². The molecule has 0 aromatic heterocycles. The van der Waals surface area contributed by atoms with E-state index in [9.17, 15) is 4.79 Å². The third-order valence-electron chi connectivity index (χ3n) is 2.41. The second-order valence-corrected chi connectivity index (χ2v) is 4.03. The van der Waals surface area contributed by atoms with Crippen LogP contribution in [0.5, 0.6) is 0 Å². The van der Waals surface area contributed by atoms with Crippen LogP contribution >= 0.6 is 0 Å². The van der Waals surface area contributed by atoms with Crippen molar-refractivity contribution >= 4 is 5.97 Å². The zero-order valence-electron chi connectivity index (χ0n) is 8.36. The van der Waals surface area contributed by atoms with Gasteiger partial charge in [0.15, 0.2) is 5.79 Å². The van der Waals surface area contributed by atoms with Gasteiger partial charge in [0.2, 0.25) is 0 Å². The lowest BCUT2D eigenvalue weighted by molar-refractivity contribution is -0.164. The Kier molecular flexibility index (Phi) is 2.12. The van der Waals surface area contributed by atoms with Crippen molar-refractivity contribution in [3.63, 3.8) is 0 Å². The standard InChI is InChI=1S/C10H14O4/c1-4-6-9-7(5-8(11)12-6)13-10(2,3)14-9/h4,6-7,9H,1,5H2,2-3H3/t6-,7-,9+/m1/s1. The zero-order chi connectivity index (χ0) is 10.3. The maximum atomic E-state index is 11.2. The van der Waals surface area contributed by atoms with Gasteiger partial charge in [-0.15, -0.1) is 0 Å². The summed E-state index contributed by atoms with van der Waals surface area (Å²) in [4.78, 5) is 11.2. The van der Waals surface area contributed by atoms with Gasteiger partial charge in [-0.2, -0.15) is 0 Å². The number of ether oxygens (including phenoxy) is 3. The van der Waals surface area contributed by atoms with Crippen LogP contribution in [-0.4, -0.2) is 30.1 Å². The van der Waals surface area contributed by atoms with Crippen molar-refractivity contribution in [1.29, 1.82) is 0 Å². The van der Waals surface area contributed by atoms with Crippen LogP contribution < -0.4 is 0 Å². The summed E-state index contributed by atoms with van der Waals surface area (Å²) >= 11 is 0. The van der Waals surface area contributed by atoms with E-state index in [-0.39, 0.29) is 30.7 Å². The Morgan fingerprint density at radius 3 is 2.86 bits per heavy atom. The van der Waals surface area contributed by atoms with E-state index in [4.69, 9.17) is 14.2 Å². The highest BCUT2D eigenvalue weighted by atomic mass is 16.8. The summed E-state index contributed by atoms with van der Waals surface area (Å²) in [7, 11) is 0. The molecule has 2 aliphatic heterocycles.